The van der Waals surface area contributed by atoms with Gasteiger partial charge in [-0.05, 0) is 34.1 Å². The van der Waals surface area contributed by atoms with Gasteiger partial charge >= 0.3 is 0 Å². The first-order valence-electron chi connectivity index (χ1n) is 6.45. The van der Waals surface area contributed by atoms with Gasteiger partial charge in [0.05, 0.1) is 17.8 Å². The molecule has 0 spiro atoms. The highest BCUT2D eigenvalue weighted by molar-refractivity contribution is 9.10. The molecule has 1 aliphatic heterocycles. The van der Waals surface area contributed by atoms with Crippen LogP contribution in [0.15, 0.2) is 28.9 Å². The van der Waals surface area contributed by atoms with Gasteiger partial charge in [0, 0.05) is 41.3 Å². The van der Waals surface area contributed by atoms with Gasteiger partial charge < -0.3 is 20.9 Å². The molecule has 4 N–H and O–H groups in total. The number of benzene rings is 1. The quantitative estimate of drug-likeness (QED) is 0.747. The number of hydrogen-bond acceptors (Lipinski definition) is 5. The van der Waals surface area contributed by atoms with E-state index in [0.717, 1.165) is 21.1 Å². The Labute approximate surface area is 125 Å². The fourth-order valence-corrected chi connectivity index (χ4v) is 2.69. The monoisotopic (exact) mass is 337 g/mol. The van der Waals surface area contributed by atoms with Crippen LogP contribution in [0.3, 0.4) is 0 Å². The Morgan fingerprint density at radius 3 is 3.10 bits per heavy atom. The predicted molar refractivity (Wildman–Crippen MR) is 82.7 cm³/mol. The summed E-state index contributed by atoms with van der Waals surface area (Å²) in [6.45, 7) is 1.40. The van der Waals surface area contributed by atoms with E-state index >= 15 is 0 Å². The van der Waals surface area contributed by atoms with Gasteiger partial charge in [0.1, 0.15) is 5.60 Å². The zero-order valence-corrected chi connectivity index (χ0v) is 12.5. The molecule has 1 saturated heterocycles. The molecule has 106 valence electrons. The van der Waals surface area contributed by atoms with Crippen LogP contribution in [-0.2, 0) is 4.74 Å². The zero-order valence-electron chi connectivity index (χ0n) is 10.9. The molecule has 1 aromatic heterocycles. The minimum atomic E-state index is -0.803. The lowest BCUT2D eigenvalue weighted by Gasteiger charge is -2.22. The second-order valence-corrected chi connectivity index (χ2v) is 6.05. The van der Waals surface area contributed by atoms with Crippen LogP contribution in [0.1, 0.15) is 6.42 Å². The predicted octanol–water partition coefficient (Wildman–Crippen LogP) is 2.14. The number of halogens is 1. The van der Waals surface area contributed by atoms with Gasteiger partial charge in [0.15, 0.2) is 0 Å². The van der Waals surface area contributed by atoms with Crippen LogP contribution in [0.2, 0.25) is 0 Å². The lowest BCUT2D eigenvalue weighted by Crippen LogP contribution is -2.37. The lowest BCUT2D eigenvalue weighted by molar-refractivity contribution is 0.0382. The maximum atomic E-state index is 10.3. The summed E-state index contributed by atoms with van der Waals surface area (Å²) >= 11 is 3.40. The number of fused-ring (bicyclic) bond motifs is 1. The molecule has 1 atom stereocenters. The first kappa shape index (κ1) is 13.6. The van der Waals surface area contributed by atoms with Gasteiger partial charge in [0.2, 0.25) is 0 Å². The van der Waals surface area contributed by atoms with E-state index in [2.05, 4.69) is 26.2 Å². The van der Waals surface area contributed by atoms with Crippen LogP contribution in [0.4, 0.5) is 11.4 Å². The summed E-state index contributed by atoms with van der Waals surface area (Å²) in [4.78, 5) is 4.41. The summed E-state index contributed by atoms with van der Waals surface area (Å²) in [7, 11) is 0. The van der Waals surface area contributed by atoms with Crippen molar-refractivity contribution in [2.75, 3.05) is 30.8 Å². The normalized spacial score (nSPS) is 22.3. The summed E-state index contributed by atoms with van der Waals surface area (Å²) in [5.41, 5.74) is 7.53. The molecule has 3 rings (SSSR count). The summed E-state index contributed by atoms with van der Waals surface area (Å²) in [5, 5.41) is 14.4. The Kier molecular flexibility index (Phi) is 3.54. The van der Waals surface area contributed by atoms with Crippen LogP contribution in [0.25, 0.3) is 10.9 Å². The van der Waals surface area contributed by atoms with Crippen molar-refractivity contribution in [1.29, 1.82) is 0 Å². The van der Waals surface area contributed by atoms with Crippen molar-refractivity contribution in [3.8, 4) is 0 Å². The standard InChI is InChI=1S/C14H16BrN3O2/c15-9-5-10-11(16)1-2-12(13(10)17-6-9)18-7-14(19)3-4-20-8-14/h1-2,5-6,18-19H,3-4,7-8,16H2. The van der Waals surface area contributed by atoms with Crippen molar-refractivity contribution >= 4 is 38.2 Å². The average molecular weight is 338 g/mol. The van der Waals surface area contributed by atoms with E-state index < -0.39 is 5.60 Å². The number of hydrogen-bond donors (Lipinski definition) is 3. The van der Waals surface area contributed by atoms with E-state index in [1.807, 2.05) is 18.2 Å². The van der Waals surface area contributed by atoms with Gasteiger partial charge in [-0.2, -0.15) is 0 Å². The van der Waals surface area contributed by atoms with Crippen LogP contribution in [0, 0.1) is 0 Å². The molecule has 1 unspecified atom stereocenters. The molecule has 0 saturated carbocycles. The number of aliphatic hydroxyl groups is 1. The van der Waals surface area contributed by atoms with Crippen molar-refractivity contribution < 1.29 is 9.84 Å². The summed E-state index contributed by atoms with van der Waals surface area (Å²) < 4.78 is 6.12. The maximum Gasteiger partial charge on any atom is 0.107 e. The fraction of sp³-hybridized carbons (Fsp3) is 0.357. The largest absolute Gasteiger partial charge is 0.398 e. The number of anilines is 2. The SMILES string of the molecule is Nc1ccc(NCC2(O)CCOC2)c2ncc(Br)cc12. The van der Waals surface area contributed by atoms with Crippen molar-refractivity contribution in [2.45, 2.75) is 12.0 Å². The zero-order chi connectivity index (χ0) is 14.2. The van der Waals surface area contributed by atoms with Crippen LogP contribution in [0.5, 0.6) is 0 Å². The van der Waals surface area contributed by atoms with Crippen LogP contribution >= 0.6 is 15.9 Å². The van der Waals surface area contributed by atoms with Gasteiger partial charge in [-0.3, -0.25) is 4.98 Å². The molecule has 2 aromatic rings. The van der Waals surface area contributed by atoms with Crippen molar-refractivity contribution in [3.05, 3.63) is 28.9 Å². The van der Waals surface area contributed by atoms with Gasteiger partial charge in [-0.1, -0.05) is 0 Å². The Bertz CT molecular complexity index is 642. The highest BCUT2D eigenvalue weighted by Gasteiger charge is 2.32. The first-order chi connectivity index (χ1) is 9.57. The number of nitrogens with zero attached hydrogens (tertiary/aromatic N) is 1. The Morgan fingerprint density at radius 2 is 2.35 bits per heavy atom. The number of nitrogens with one attached hydrogen (secondary N) is 1. The van der Waals surface area contributed by atoms with Gasteiger partial charge in [-0.25, -0.2) is 0 Å². The number of rotatable bonds is 3. The lowest BCUT2D eigenvalue weighted by atomic mass is 10.0. The molecule has 5 nitrogen and oxygen atoms in total. The van der Waals surface area contributed by atoms with E-state index in [-0.39, 0.29) is 0 Å². The number of nitrogen functional groups attached to an aromatic ring is 1. The molecule has 6 heteroatoms. The fourth-order valence-electron chi connectivity index (χ4n) is 2.35. The van der Waals surface area contributed by atoms with Crippen LogP contribution < -0.4 is 11.1 Å². The third-order valence-corrected chi connectivity index (χ3v) is 3.97. The topological polar surface area (TPSA) is 80.4 Å². The summed E-state index contributed by atoms with van der Waals surface area (Å²) in [6, 6.07) is 5.67. The Morgan fingerprint density at radius 1 is 1.50 bits per heavy atom. The Balaban J connectivity index is 1.90. The average Bonchev–Trinajstić information content (AvgIpc) is 2.86. The molecule has 2 heterocycles. The van der Waals surface area contributed by atoms with Gasteiger partial charge in [0.25, 0.3) is 0 Å². The maximum absolute atomic E-state index is 10.3. The second kappa shape index (κ2) is 5.20. The molecule has 0 aliphatic carbocycles. The van der Waals surface area contributed by atoms with Crippen molar-refractivity contribution in [2.24, 2.45) is 0 Å². The second-order valence-electron chi connectivity index (χ2n) is 5.13. The summed E-state index contributed by atoms with van der Waals surface area (Å²) in [6.07, 6.45) is 2.38. The highest BCUT2D eigenvalue weighted by Crippen LogP contribution is 2.29. The summed E-state index contributed by atoms with van der Waals surface area (Å²) in [5.74, 6) is 0. The number of pyridine rings is 1. The minimum absolute atomic E-state index is 0.367. The molecule has 0 amide bonds. The van der Waals surface area contributed by atoms with E-state index in [1.165, 1.54) is 0 Å². The molecular formula is C14H16BrN3O2. The molecular weight excluding hydrogens is 322 g/mol. The molecule has 0 bridgehead atoms. The van der Waals surface area contributed by atoms with Crippen molar-refractivity contribution in [3.63, 3.8) is 0 Å². The molecule has 1 aliphatic rings. The minimum Gasteiger partial charge on any atom is -0.398 e. The third-order valence-electron chi connectivity index (χ3n) is 3.54. The number of ether oxygens (including phenoxy) is 1. The van der Waals surface area contributed by atoms with E-state index in [1.54, 1.807) is 6.20 Å². The van der Waals surface area contributed by atoms with E-state index in [4.69, 9.17) is 10.5 Å². The third kappa shape index (κ3) is 2.59. The van der Waals surface area contributed by atoms with E-state index in [9.17, 15) is 5.11 Å². The van der Waals surface area contributed by atoms with E-state index in [0.29, 0.717) is 31.9 Å². The number of nitrogens with two attached hydrogens (primary N) is 1. The van der Waals surface area contributed by atoms with Gasteiger partial charge in [-0.15, -0.1) is 0 Å². The number of aromatic nitrogens is 1. The molecule has 20 heavy (non-hydrogen) atoms. The first-order valence-corrected chi connectivity index (χ1v) is 7.24. The van der Waals surface area contributed by atoms with Crippen molar-refractivity contribution in [1.82, 2.24) is 4.98 Å². The molecule has 0 radical (unpaired) electrons. The highest BCUT2D eigenvalue weighted by atomic mass is 79.9. The molecule has 1 fully saturated rings. The molecule has 1 aromatic carbocycles. The van der Waals surface area contributed by atoms with Crippen LogP contribution in [-0.4, -0.2) is 35.5 Å². The Hall–Kier alpha value is -1.37. The smallest absolute Gasteiger partial charge is 0.107 e.